The van der Waals surface area contributed by atoms with Crippen LogP contribution in [0, 0.1) is 5.82 Å². The van der Waals surface area contributed by atoms with Gasteiger partial charge in [-0.25, -0.2) is 4.39 Å². The van der Waals surface area contributed by atoms with Crippen LogP contribution in [-0.2, 0) is 17.9 Å². The minimum Gasteiger partial charge on any atom is -0.490 e. The maximum absolute atomic E-state index is 13.3. The molecule has 1 heterocycles. The highest BCUT2D eigenvalue weighted by molar-refractivity contribution is 5.78. The summed E-state index contributed by atoms with van der Waals surface area (Å²) in [6, 6.07) is 12.3. The lowest BCUT2D eigenvalue weighted by molar-refractivity contribution is -0.122. The minimum absolute atomic E-state index is 0.00482. The zero-order valence-electron chi connectivity index (χ0n) is 17.0. The fourth-order valence-corrected chi connectivity index (χ4v) is 3.44. The average molecular weight is 400 g/mol. The largest absolute Gasteiger partial charge is 0.490 e. The molecule has 156 valence electrons. The molecular weight excluding hydrogens is 371 g/mol. The predicted molar refractivity (Wildman–Crippen MR) is 110 cm³/mol. The number of carbonyl (C=O) groups is 1. The molecule has 0 spiro atoms. The van der Waals surface area contributed by atoms with Gasteiger partial charge in [-0.2, -0.15) is 0 Å². The number of amides is 1. The fraction of sp³-hybridized carbons (Fsp3) is 0.435. The van der Waals surface area contributed by atoms with Crippen LogP contribution in [0.4, 0.5) is 4.39 Å². The van der Waals surface area contributed by atoms with Crippen LogP contribution < -0.4 is 14.8 Å². The van der Waals surface area contributed by atoms with Crippen LogP contribution in [0.25, 0.3) is 0 Å². The SMILES string of the molecule is CCOc1cccc2c1OCCCCCNC(=O)CN(Cc1ccc(F)cc1)C2. The number of benzene rings is 2. The number of nitrogens with one attached hydrogen (secondary N) is 1. The summed E-state index contributed by atoms with van der Waals surface area (Å²) < 4.78 is 25.2. The minimum atomic E-state index is -0.267. The Hall–Kier alpha value is -2.60. The molecule has 29 heavy (non-hydrogen) atoms. The first kappa shape index (κ1) is 21.1. The lowest BCUT2D eigenvalue weighted by Crippen LogP contribution is -2.37. The average Bonchev–Trinajstić information content (AvgIpc) is 2.71. The van der Waals surface area contributed by atoms with Gasteiger partial charge in [-0.15, -0.1) is 0 Å². The van der Waals surface area contributed by atoms with Gasteiger partial charge in [-0.05, 0) is 49.9 Å². The summed E-state index contributed by atoms with van der Waals surface area (Å²) in [5.74, 6) is 1.20. The lowest BCUT2D eigenvalue weighted by atomic mass is 10.1. The molecule has 0 atom stereocenters. The monoisotopic (exact) mass is 400 g/mol. The lowest BCUT2D eigenvalue weighted by Gasteiger charge is -2.24. The molecule has 0 bridgehead atoms. The van der Waals surface area contributed by atoms with Crippen molar-refractivity contribution in [3.8, 4) is 11.5 Å². The first-order valence-corrected chi connectivity index (χ1v) is 10.3. The molecule has 0 saturated heterocycles. The molecule has 1 aliphatic rings. The van der Waals surface area contributed by atoms with Crippen LogP contribution >= 0.6 is 0 Å². The number of ether oxygens (including phenoxy) is 2. The van der Waals surface area contributed by atoms with Gasteiger partial charge in [-0.3, -0.25) is 9.69 Å². The van der Waals surface area contributed by atoms with Gasteiger partial charge in [0.1, 0.15) is 5.82 Å². The molecule has 0 aromatic heterocycles. The molecule has 2 aromatic rings. The van der Waals surface area contributed by atoms with Crippen molar-refractivity contribution in [2.75, 3.05) is 26.3 Å². The van der Waals surface area contributed by atoms with Gasteiger partial charge in [0.15, 0.2) is 11.5 Å². The van der Waals surface area contributed by atoms with E-state index in [4.69, 9.17) is 9.47 Å². The molecule has 5 nitrogen and oxygen atoms in total. The van der Waals surface area contributed by atoms with E-state index in [1.54, 1.807) is 12.1 Å². The number of fused-ring (bicyclic) bond motifs is 1. The van der Waals surface area contributed by atoms with E-state index in [-0.39, 0.29) is 18.3 Å². The Morgan fingerprint density at radius 3 is 2.72 bits per heavy atom. The normalized spacial score (nSPS) is 16.4. The number of para-hydroxylation sites is 1. The van der Waals surface area contributed by atoms with Crippen molar-refractivity contribution in [3.63, 3.8) is 0 Å². The van der Waals surface area contributed by atoms with E-state index < -0.39 is 0 Å². The number of hydrogen-bond acceptors (Lipinski definition) is 4. The number of nitrogens with zero attached hydrogens (tertiary/aromatic N) is 1. The summed E-state index contributed by atoms with van der Waals surface area (Å²) in [7, 11) is 0. The molecule has 1 N–H and O–H groups in total. The van der Waals surface area contributed by atoms with Crippen molar-refractivity contribution in [2.24, 2.45) is 0 Å². The van der Waals surface area contributed by atoms with Gasteiger partial charge in [0.2, 0.25) is 5.91 Å². The van der Waals surface area contributed by atoms with Crippen LogP contribution in [0.3, 0.4) is 0 Å². The smallest absolute Gasteiger partial charge is 0.234 e. The number of carbonyl (C=O) groups excluding carboxylic acids is 1. The molecule has 6 heteroatoms. The standard InChI is InChI=1S/C23H29FN2O3/c1-2-28-21-8-6-7-19-16-26(15-18-9-11-20(24)12-10-18)17-22(27)25-13-4-3-5-14-29-23(19)21/h6-12H,2-5,13-17H2,1H3,(H,25,27). The molecule has 0 unspecified atom stereocenters. The Labute approximate surface area is 171 Å². The van der Waals surface area contributed by atoms with Crippen LogP contribution in [0.1, 0.15) is 37.3 Å². The van der Waals surface area contributed by atoms with Crippen LogP contribution in [0.15, 0.2) is 42.5 Å². The third kappa shape index (κ3) is 6.46. The maximum atomic E-state index is 13.3. The summed E-state index contributed by atoms with van der Waals surface area (Å²) in [6.07, 6.45) is 2.84. The molecule has 2 aromatic carbocycles. The van der Waals surface area contributed by atoms with Crippen molar-refractivity contribution in [1.29, 1.82) is 0 Å². The van der Waals surface area contributed by atoms with E-state index in [9.17, 15) is 9.18 Å². The second-order valence-corrected chi connectivity index (χ2v) is 7.21. The zero-order chi connectivity index (χ0) is 20.5. The van der Waals surface area contributed by atoms with Crippen LogP contribution in [0.2, 0.25) is 0 Å². The Morgan fingerprint density at radius 2 is 1.93 bits per heavy atom. The van der Waals surface area contributed by atoms with Crippen molar-refractivity contribution in [1.82, 2.24) is 10.2 Å². The quantitative estimate of drug-likeness (QED) is 0.846. The molecule has 1 amide bonds. The van der Waals surface area contributed by atoms with E-state index in [1.165, 1.54) is 12.1 Å². The summed E-state index contributed by atoms with van der Waals surface area (Å²) >= 11 is 0. The van der Waals surface area contributed by atoms with Crippen molar-refractivity contribution in [2.45, 2.75) is 39.3 Å². The van der Waals surface area contributed by atoms with E-state index in [1.807, 2.05) is 30.0 Å². The second kappa shape index (κ2) is 10.8. The highest BCUT2D eigenvalue weighted by Crippen LogP contribution is 2.33. The summed E-state index contributed by atoms with van der Waals surface area (Å²) in [6.45, 7) is 5.11. The van der Waals surface area contributed by atoms with Gasteiger partial charge in [0.05, 0.1) is 19.8 Å². The molecule has 3 rings (SSSR count). The maximum Gasteiger partial charge on any atom is 0.234 e. The van der Waals surface area contributed by atoms with Crippen molar-refractivity contribution < 1.29 is 18.7 Å². The second-order valence-electron chi connectivity index (χ2n) is 7.21. The highest BCUT2D eigenvalue weighted by atomic mass is 19.1. The van der Waals surface area contributed by atoms with Gasteiger partial charge >= 0.3 is 0 Å². The Bertz CT molecular complexity index is 795. The first-order chi connectivity index (χ1) is 14.2. The van der Waals surface area contributed by atoms with Gasteiger partial charge in [0.25, 0.3) is 0 Å². The number of rotatable bonds is 4. The van der Waals surface area contributed by atoms with Gasteiger partial charge in [0, 0.05) is 25.2 Å². The molecule has 0 fully saturated rings. The topological polar surface area (TPSA) is 50.8 Å². The fourth-order valence-electron chi connectivity index (χ4n) is 3.44. The third-order valence-corrected chi connectivity index (χ3v) is 4.83. The van der Waals surface area contributed by atoms with E-state index in [0.717, 1.165) is 41.9 Å². The Balaban J connectivity index is 1.87. The number of hydrogen-bond donors (Lipinski definition) is 1. The van der Waals surface area contributed by atoms with Gasteiger partial charge < -0.3 is 14.8 Å². The predicted octanol–water partition coefficient (Wildman–Crippen LogP) is 3.91. The van der Waals surface area contributed by atoms with Crippen molar-refractivity contribution in [3.05, 3.63) is 59.4 Å². The molecule has 0 saturated carbocycles. The summed E-state index contributed by atoms with van der Waals surface area (Å²) in [5.41, 5.74) is 1.93. The third-order valence-electron chi connectivity index (χ3n) is 4.83. The first-order valence-electron chi connectivity index (χ1n) is 10.3. The van der Waals surface area contributed by atoms with Gasteiger partial charge in [-0.1, -0.05) is 24.3 Å². The Morgan fingerprint density at radius 1 is 1.10 bits per heavy atom. The van der Waals surface area contributed by atoms with Crippen molar-refractivity contribution >= 4 is 5.91 Å². The zero-order valence-corrected chi connectivity index (χ0v) is 17.0. The van der Waals surface area contributed by atoms with Crippen LogP contribution in [0.5, 0.6) is 11.5 Å². The molecular formula is C23H29FN2O3. The van der Waals surface area contributed by atoms with E-state index in [0.29, 0.717) is 32.8 Å². The molecule has 1 aliphatic heterocycles. The van der Waals surface area contributed by atoms with Crippen LogP contribution in [-0.4, -0.2) is 37.1 Å². The van der Waals surface area contributed by atoms with E-state index >= 15 is 0 Å². The summed E-state index contributed by atoms with van der Waals surface area (Å²) in [5, 5.41) is 3.00. The number of halogens is 1. The summed E-state index contributed by atoms with van der Waals surface area (Å²) in [4.78, 5) is 14.5. The van der Waals surface area contributed by atoms with E-state index in [2.05, 4.69) is 5.32 Å². The molecule has 0 aliphatic carbocycles. The highest BCUT2D eigenvalue weighted by Gasteiger charge is 2.18. The Kier molecular flexibility index (Phi) is 7.87. The molecule has 0 radical (unpaired) electrons.